The van der Waals surface area contributed by atoms with Crippen LogP contribution in [0, 0.1) is 6.92 Å². The van der Waals surface area contributed by atoms with E-state index in [2.05, 4.69) is 5.16 Å². The Kier molecular flexibility index (Phi) is 2.44. The van der Waals surface area contributed by atoms with E-state index < -0.39 is 0 Å². The van der Waals surface area contributed by atoms with Crippen molar-refractivity contribution in [3.05, 3.63) is 23.8 Å². The largest absolute Gasteiger partial charge is 0.504 e. The topological polar surface area (TPSA) is 81.5 Å². The molecule has 1 aromatic heterocycles. The minimum atomic E-state index is 0.0178. The summed E-state index contributed by atoms with van der Waals surface area (Å²) < 4.78 is 10.0. The van der Waals surface area contributed by atoms with Crippen LogP contribution in [0.3, 0.4) is 0 Å². The lowest BCUT2D eigenvalue weighted by atomic mass is 10.1. The molecule has 1 heterocycles. The van der Waals surface area contributed by atoms with E-state index in [1.165, 1.54) is 7.11 Å². The van der Waals surface area contributed by atoms with Crippen molar-refractivity contribution in [2.24, 2.45) is 0 Å². The molecule has 2 aromatic rings. The Labute approximate surface area is 92.4 Å². The van der Waals surface area contributed by atoms with Crippen molar-refractivity contribution in [2.75, 3.05) is 12.8 Å². The minimum Gasteiger partial charge on any atom is -0.504 e. The Bertz CT molecular complexity index is 520. The van der Waals surface area contributed by atoms with Crippen LogP contribution in [0.15, 0.2) is 22.7 Å². The van der Waals surface area contributed by atoms with E-state index in [4.69, 9.17) is 15.0 Å². The molecule has 0 atom stereocenters. The number of aromatic hydroxyl groups is 1. The van der Waals surface area contributed by atoms with Crippen LogP contribution in [0.5, 0.6) is 11.5 Å². The quantitative estimate of drug-likeness (QED) is 0.808. The molecule has 5 nitrogen and oxygen atoms in total. The van der Waals surface area contributed by atoms with E-state index in [0.717, 1.165) is 5.56 Å². The summed E-state index contributed by atoms with van der Waals surface area (Å²) in [5.41, 5.74) is 6.92. The van der Waals surface area contributed by atoms with Gasteiger partial charge in [-0.15, -0.1) is 0 Å². The summed E-state index contributed by atoms with van der Waals surface area (Å²) in [7, 11) is 1.49. The third-order valence-electron chi connectivity index (χ3n) is 2.23. The van der Waals surface area contributed by atoms with Crippen LogP contribution >= 0.6 is 0 Å². The molecule has 16 heavy (non-hydrogen) atoms. The second kappa shape index (κ2) is 3.77. The van der Waals surface area contributed by atoms with Crippen LogP contribution in [-0.2, 0) is 0 Å². The molecule has 0 bridgehead atoms. The molecule has 5 heteroatoms. The number of anilines is 1. The first-order chi connectivity index (χ1) is 7.61. The van der Waals surface area contributed by atoms with Crippen LogP contribution in [-0.4, -0.2) is 17.4 Å². The molecule has 0 saturated carbocycles. The summed E-state index contributed by atoms with van der Waals surface area (Å²) in [6.07, 6.45) is 0. The van der Waals surface area contributed by atoms with Gasteiger partial charge in [-0.2, -0.15) is 0 Å². The van der Waals surface area contributed by atoms with Crippen molar-refractivity contribution in [2.45, 2.75) is 6.92 Å². The Morgan fingerprint density at radius 2 is 2.12 bits per heavy atom. The van der Waals surface area contributed by atoms with Crippen LogP contribution < -0.4 is 10.5 Å². The van der Waals surface area contributed by atoms with Crippen molar-refractivity contribution in [1.29, 1.82) is 0 Å². The summed E-state index contributed by atoms with van der Waals surface area (Å²) in [4.78, 5) is 0. The van der Waals surface area contributed by atoms with Gasteiger partial charge in [0.2, 0.25) is 0 Å². The molecule has 84 valence electrons. The highest BCUT2D eigenvalue weighted by molar-refractivity contribution is 5.71. The highest BCUT2D eigenvalue weighted by Gasteiger charge is 2.14. The van der Waals surface area contributed by atoms with Gasteiger partial charge in [-0.1, -0.05) is 5.16 Å². The van der Waals surface area contributed by atoms with Crippen LogP contribution in [0.25, 0.3) is 11.3 Å². The smallest absolute Gasteiger partial charge is 0.172 e. The molecular formula is C11H12N2O3. The maximum absolute atomic E-state index is 9.92. The molecular weight excluding hydrogens is 208 g/mol. The number of phenolic OH excluding ortho intramolecular Hbond substituents is 1. The van der Waals surface area contributed by atoms with Gasteiger partial charge in [0.1, 0.15) is 0 Å². The number of phenols is 1. The molecule has 0 aliphatic heterocycles. The summed E-state index contributed by atoms with van der Waals surface area (Å²) in [5, 5.41) is 13.5. The van der Waals surface area contributed by atoms with Gasteiger partial charge in [0, 0.05) is 6.07 Å². The van der Waals surface area contributed by atoms with Gasteiger partial charge in [-0.05, 0) is 24.6 Å². The lowest BCUT2D eigenvalue weighted by Crippen LogP contribution is -1.87. The lowest BCUT2D eigenvalue weighted by molar-refractivity contribution is 0.371. The first-order valence-electron chi connectivity index (χ1n) is 4.72. The van der Waals surface area contributed by atoms with Crippen molar-refractivity contribution < 1.29 is 14.4 Å². The third kappa shape index (κ3) is 1.67. The van der Waals surface area contributed by atoms with Crippen LogP contribution in [0.1, 0.15) is 5.56 Å². The number of hydrogen-bond acceptors (Lipinski definition) is 5. The van der Waals surface area contributed by atoms with E-state index in [0.29, 0.717) is 17.1 Å². The van der Waals surface area contributed by atoms with E-state index in [9.17, 15) is 5.11 Å². The van der Waals surface area contributed by atoms with Gasteiger partial charge in [-0.3, -0.25) is 0 Å². The molecule has 0 amide bonds. The Morgan fingerprint density at radius 3 is 2.69 bits per heavy atom. The highest BCUT2D eigenvalue weighted by Crippen LogP contribution is 2.38. The van der Waals surface area contributed by atoms with Crippen molar-refractivity contribution in [3.63, 3.8) is 0 Å². The third-order valence-corrected chi connectivity index (χ3v) is 2.23. The van der Waals surface area contributed by atoms with Crippen molar-refractivity contribution >= 4 is 5.82 Å². The molecule has 0 fully saturated rings. The number of benzene rings is 1. The number of hydrogen-bond donors (Lipinski definition) is 2. The van der Waals surface area contributed by atoms with Crippen LogP contribution in [0.4, 0.5) is 5.82 Å². The SMILES string of the molecule is COc1cc(C)cc(-c2cc(N)no2)c1O. The number of aromatic nitrogens is 1. The molecule has 0 spiro atoms. The van der Waals surface area contributed by atoms with Crippen LogP contribution in [0.2, 0.25) is 0 Å². The fourth-order valence-corrected chi connectivity index (χ4v) is 1.50. The Balaban J connectivity index is 2.60. The molecule has 0 unspecified atom stereocenters. The molecule has 0 aliphatic rings. The molecule has 0 saturated heterocycles. The van der Waals surface area contributed by atoms with E-state index in [1.807, 2.05) is 6.92 Å². The predicted molar refractivity (Wildman–Crippen MR) is 59.3 cm³/mol. The monoisotopic (exact) mass is 220 g/mol. The van der Waals surface area contributed by atoms with Crippen molar-refractivity contribution in [3.8, 4) is 22.8 Å². The minimum absolute atomic E-state index is 0.0178. The van der Waals surface area contributed by atoms with Gasteiger partial charge in [0.25, 0.3) is 0 Å². The average Bonchev–Trinajstić information content (AvgIpc) is 2.67. The van der Waals surface area contributed by atoms with Crippen molar-refractivity contribution in [1.82, 2.24) is 5.16 Å². The number of methoxy groups -OCH3 is 1. The van der Waals surface area contributed by atoms with Gasteiger partial charge in [0.05, 0.1) is 12.7 Å². The zero-order chi connectivity index (χ0) is 11.7. The number of nitrogen functional groups attached to an aromatic ring is 1. The van der Waals surface area contributed by atoms with E-state index in [1.54, 1.807) is 18.2 Å². The first-order valence-corrected chi connectivity index (χ1v) is 4.72. The number of nitrogens with zero attached hydrogens (tertiary/aromatic N) is 1. The second-order valence-corrected chi connectivity index (χ2v) is 3.48. The Hall–Kier alpha value is -2.17. The molecule has 0 radical (unpaired) electrons. The maximum Gasteiger partial charge on any atom is 0.172 e. The maximum atomic E-state index is 9.92. The molecule has 3 N–H and O–H groups in total. The van der Waals surface area contributed by atoms with Gasteiger partial charge >= 0.3 is 0 Å². The molecule has 0 aliphatic carbocycles. The van der Waals surface area contributed by atoms with Gasteiger partial charge in [-0.25, -0.2) is 0 Å². The van der Waals surface area contributed by atoms with E-state index >= 15 is 0 Å². The first kappa shape index (κ1) is 10.4. The normalized spacial score (nSPS) is 10.4. The van der Waals surface area contributed by atoms with Gasteiger partial charge in [0.15, 0.2) is 23.1 Å². The molecule has 1 aromatic carbocycles. The number of aryl methyl sites for hydroxylation is 1. The Morgan fingerprint density at radius 1 is 1.38 bits per heavy atom. The zero-order valence-electron chi connectivity index (χ0n) is 9.02. The summed E-state index contributed by atoms with van der Waals surface area (Å²) in [5.74, 6) is 1.10. The number of ether oxygens (including phenoxy) is 1. The number of nitrogens with two attached hydrogens (primary N) is 1. The summed E-state index contributed by atoms with van der Waals surface area (Å²) in [6.45, 7) is 1.89. The average molecular weight is 220 g/mol. The summed E-state index contributed by atoms with van der Waals surface area (Å²) >= 11 is 0. The molecule has 2 rings (SSSR count). The number of rotatable bonds is 2. The lowest BCUT2D eigenvalue weighted by Gasteiger charge is -2.08. The standard InChI is InChI=1S/C11H12N2O3/c1-6-3-7(8-5-10(12)13-16-8)11(14)9(4-6)15-2/h3-5,14H,1-2H3,(H2,12,13). The van der Waals surface area contributed by atoms with Gasteiger partial charge < -0.3 is 20.1 Å². The fourth-order valence-electron chi connectivity index (χ4n) is 1.50. The van der Waals surface area contributed by atoms with E-state index in [-0.39, 0.29) is 11.6 Å². The fraction of sp³-hybridized carbons (Fsp3) is 0.182. The summed E-state index contributed by atoms with van der Waals surface area (Å²) in [6, 6.07) is 5.06. The second-order valence-electron chi connectivity index (χ2n) is 3.48. The zero-order valence-corrected chi connectivity index (χ0v) is 9.02. The predicted octanol–water partition coefficient (Wildman–Crippen LogP) is 1.95. The highest BCUT2D eigenvalue weighted by atomic mass is 16.5.